The van der Waals surface area contributed by atoms with E-state index in [-0.39, 0.29) is 0 Å². The number of hydrogen-bond acceptors (Lipinski definition) is 2. The quantitative estimate of drug-likeness (QED) is 0.563. The largest absolute Gasteiger partial charge is 0.380 e. The second kappa shape index (κ2) is 4.77. The van der Waals surface area contributed by atoms with E-state index in [2.05, 4.69) is 25.8 Å². The maximum atomic E-state index is 5.08. The van der Waals surface area contributed by atoms with Crippen molar-refractivity contribution in [3.63, 3.8) is 0 Å². The first-order valence-electron chi connectivity index (χ1n) is 3.42. The standard InChI is InChI=1S/C7H17NO/c1-5-8(3)6-7(2)9-4/h7H,5-6H2,1-4H3. The lowest BCUT2D eigenvalue weighted by atomic mass is 10.4. The van der Waals surface area contributed by atoms with Crippen LogP contribution in [0.3, 0.4) is 0 Å². The van der Waals surface area contributed by atoms with E-state index in [1.165, 1.54) is 0 Å². The van der Waals surface area contributed by atoms with Gasteiger partial charge in [0.2, 0.25) is 0 Å². The Kier molecular flexibility index (Phi) is 4.72. The number of likely N-dealkylation sites (N-methyl/N-ethyl adjacent to an activating group) is 1. The summed E-state index contributed by atoms with van der Waals surface area (Å²) in [5.41, 5.74) is 0. The van der Waals surface area contributed by atoms with Crippen LogP contribution < -0.4 is 0 Å². The van der Waals surface area contributed by atoms with Crippen LogP contribution in [-0.4, -0.2) is 38.3 Å². The van der Waals surface area contributed by atoms with Gasteiger partial charge in [-0.2, -0.15) is 0 Å². The van der Waals surface area contributed by atoms with Crippen molar-refractivity contribution in [3.05, 3.63) is 0 Å². The molecule has 0 N–H and O–H groups in total. The number of nitrogens with zero attached hydrogens (tertiary/aromatic N) is 1. The van der Waals surface area contributed by atoms with Crippen LogP contribution in [0.15, 0.2) is 0 Å². The van der Waals surface area contributed by atoms with Crippen molar-refractivity contribution in [3.8, 4) is 0 Å². The predicted molar refractivity (Wildman–Crippen MR) is 39.6 cm³/mol. The Hall–Kier alpha value is -0.0800. The van der Waals surface area contributed by atoms with Crippen molar-refractivity contribution in [2.24, 2.45) is 0 Å². The first-order valence-corrected chi connectivity index (χ1v) is 3.42. The van der Waals surface area contributed by atoms with Gasteiger partial charge >= 0.3 is 0 Å². The molecule has 0 amide bonds. The van der Waals surface area contributed by atoms with Gasteiger partial charge in [-0.3, -0.25) is 0 Å². The zero-order valence-corrected chi connectivity index (χ0v) is 6.85. The Balaban J connectivity index is 3.22. The Morgan fingerprint density at radius 1 is 1.56 bits per heavy atom. The molecule has 0 saturated heterocycles. The molecule has 1 atom stereocenters. The van der Waals surface area contributed by atoms with E-state index in [1.807, 2.05) is 0 Å². The lowest BCUT2D eigenvalue weighted by Crippen LogP contribution is -2.28. The normalized spacial score (nSPS) is 14.3. The lowest BCUT2D eigenvalue weighted by Gasteiger charge is -2.17. The maximum Gasteiger partial charge on any atom is 0.0669 e. The molecule has 0 bridgehead atoms. The van der Waals surface area contributed by atoms with Crippen molar-refractivity contribution < 1.29 is 4.74 Å². The first-order chi connectivity index (χ1) is 4.20. The summed E-state index contributed by atoms with van der Waals surface area (Å²) in [5, 5.41) is 0. The fourth-order valence-corrected chi connectivity index (χ4v) is 0.643. The van der Waals surface area contributed by atoms with Crippen molar-refractivity contribution in [2.45, 2.75) is 20.0 Å². The third kappa shape index (κ3) is 4.43. The molecule has 2 nitrogen and oxygen atoms in total. The van der Waals surface area contributed by atoms with E-state index < -0.39 is 0 Å². The molecule has 0 fully saturated rings. The smallest absolute Gasteiger partial charge is 0.0669 e. The van der Waals surface area contributed by atoms with Crippen LogP contribution in [0, 0.1) is 0 Å². The van der Waals surface area contributed by atoms with Crippen molar-refractivity contribution in [2.75, 3.05) is 27.2 Å². The molecule has 1 unspecified atom stereocenters. The summed E-state index contributed by atoms with van der Waals surface area (Å²) < 4.78 is 5.08. The van der Waals surface area contributed by atoms with E-state index >= 15 is 0 Å². The second-order valence-corrected chi connectivity index (χ2v) is 2.40. The van der Waals surface area contributed by atoms with Crippen LogP contribution in [0.25, 0.3) is 0 Å². The second-order valence-electron chi connectivity index (χ2n) is 2.40. The van der Waals surface area contributed by atoms with E-state index in [9.17, 15) is 0 Å². The Labute approximate surface area is 57.8 Å². The Morgan fingerprint density at radius 3 is 2.44 bits per heavy atom. The van der Waals surface area contributed by atoms with Crippen LogP contribution in [0.5, 0.6) is 0 Å². The number of methoxy groups -OCH3 is 1. The Morgan fingerprint density at radius 2 is 2.11 bits per heavy atom. The zero-order chi connectivity index (χ0) is 7.28. The first kappa shape index (κ1) is 8.92. The van der Waals surface area contributed by atoms with Crippen LogP contribution >= 0.6 is 0 Å². The third-order valence-electron chi connectivity index (χ3n) is 1.51. The summed E-state index contributed by atoms with van der Waals surface area (Å²) >= 11 is 0. The van der Waals surface area contributed by atoms with E-state index in [0.29, 0.717) is 6.10 Å². The summed E-state index contributed by atoms with van der Waals surface area (Å²) in [4.78, 5) is 2.23. The fourth-order valence-electron chi connectivity index (χ4n) is 0.643. The van der Waals surface area contributed by atoms with Gasteiger partial charge in [-0.05, 0) is 20.5 Å². The number of ether oxygens (including phenoxy) is 1. The molecule has 0 aromatic rings. The highest BCUT2D eigenvalue weighted by Crippen LogP contribution is 1.90. The molecule has 0 aliphatic carbocycles. The molecule has 0 saturated carbocycles. The SMILES string of the molecule is CCN(C)CC(C)OC. The van der Waals surface area contributed by atoms with Gasteiger partial charge in [0.1, 0.15) is 0 Å². The lowest BCUT2D eigenvalue weighted by molar-refractivity contribution is 0.0873. The molecule has 0 spiro atoms. The highest BCUT2D eigenvalue weighted by atomic mass is 16.5. The van der Waals surface area contributed by atoms with Gasteiger partial charge in [0.15, 0.2) is 0 Å². The summed E-state index contributed by atoms with van der Waals surface area (Å²) in [6.07, 6.45) is 0.356. The van der Waals surface area contributed by atoms with Gasteiger partial charge in [-0.25, -0.2) is 0 Å². The summed E-state index contributed by atoms with van der Waals surface area (Å²) in [7, 11) is 3.84. The van der Waals surface area contributed by atoms with Crippen LogP contribution in [0.2, 0.25) is 0 Å². The van der Waals surface area contributed by atoms with Crippen LogP contribution in [0.4, 0.5) is 0 Å². The average Bonchev–Trinajstić information content (AvgIpc) is 1.87. The minimum atomic E-state index is 0.356. The summed E-state index contributed by atoms with van der Waals surface area (Å²) in [6, 6.07) is 0. The minimum absolute atomic E-state index is 0.356. The maximum absolute atomic E-state index is 5.08. The van der Waals surface area contributed by atoms with E-state index in [4.69, 9.17) is 4.74 Å². The highest BCUT2D eigenvalue weighted by molar-refractivity contribution is 4.54. The molecular weight excluding hydrogens is 114 g/mol. The summed E-state index contributed by atoms with van der Waals surface area (Å²) in [6.45, 7) is 6.33. The molecular formula is C7H17NO. The molecule has 0 heterocycles. The van der Waals surface area contributed by atoms with Gasteiger partial charge in [-0.15, -0.1) is 0 Å². The molecule has 56 valence electrons. The van der Waals surface area contributed by atoms with Gasteiger partial charge < -0.3 is 9.64 Å². The monoisotopic (exact) mass is 131 g/mol. The van der Waals surface area contributed by atoms with Crippen molar-refractivity contribution in [1.29, 1.82) is 0 Å². The molecule has 0 aromatic heterocycles. The topological polar surface area (TPSA) is 12.5 Å². The van der Waals surface area contributed by atoms with Crippen LogP contribution in [-0.2, 0) is 4.74 Å². The van der Waals surface area contributed by atoms with Crippen molar-refractivity contribution >= 4 is 0 Å². The number of rotatable bonds is 4. The molecule has 9 heavy (non-hydrogen) atoms. The molecule has 0 rings (SSSR count). The Bertz CT molecular complexity index is 57.9. The molecule has 0 aliphatic heterocycles. The average molecular weight is 131 g/mol. The fraction of sp³-hybridized carbons (Fsp3) is 1.00. The minimum Gasteiger partial charge on any atom is -0.380 e. The predicted octanol–water partition coefficient (Wildman–Crippen LogP) is 0.973. The van der Waals surface area contributed by atoms with Crippen LogP contribution in [0.1, 0.15) is 13.8 Å². The number of hydrogen-bond donors (Lipinski definition) is 0. The van der Waals surface area contributed by atoms with Gasteiger partial charge in [0.05, 0.1) is 6.10 Å². The molecule has 0 aromatic carbocycles. The molecule has 0 aliphatic rings. The molecule has 0 radical (unpaired) electrons. The van der Waals surface area contributed by atoms with Gasteiger partial charge in [0, 0.05) is 13.7 Å². The zero-order valence-electron chi connectivity index (χ0n) is 6.85. The van der Waals surface area contributed by atoms with Gasteiger partial charge in [0.25, 0.3) is 0 Å². The van der Waals surface area contributed by atoms with Gasteiger partial charge in [-0.1, -0.05) is 6.92 Å². The molecule has 2 heteroatoms. The third-order valence-corrected chi connectivity index (χ3v) is 1.51. The van der Waals surface area contributed by atoms with E-state index in [1.54, 1.807) is 7.11 Å². The van der Waals surface area contributed by atoms with E-state index in [0.717, 1.165) is 13.1 Å². The van der Waals surface area contributed by atoms with Crippen molar-refractivity contribution in [1.82, 2.24) is 4.90 Å². The summed E-state index contributed by atoms with van der Waals surface area (Å²) in [5.74, 6) is 0. The highest BCUT2D eigenvalue weighted by Gasteiger charge is 2.00.